The van der Waals surface area contributed by atoms with Crippen molar-refractivity contribution in [1.82, 2.24) is 20.2 Å². The van der Waals surface area contributed by atoms with Crippen LogP contribution in [0.3, 0.4) is 0 Å². The Morgan fingerprint density at radius 3 is 2.42 bits per heavy atom. The molecule has 0 radical (unpaired) electrons. The molecule has 140 valence electrons. The maximum atomic E-state index is 12.1. The second-order valence-corrected chi connectivity index (χ2v) is 7.33. The lowest BCUT2D eigenvalue weighted by Crippen LogP contribution is -2.31. The number of aryl methyl sites for hydroxylation is 1. The number of nitrogens with one attached hydrogen (secondary N) is 2. The average molecular weight is 380 g/mol. The van der Waals surface area contributed by atoms with Crippen molar-refractivity contribution >= 4 is 21.7 Å². The maximum absolute atomic E-state index is 12.1. The average Bonchev–Trinajstić information content (AvgIpc) is 3.00. The fourth-order valence-corrected chi connectivity index (χ4v) is 3.12. The predicted molar refractivity (Wildman–Crippen MR) is 92.0 cm³/mol. The van der Waals surface area contributed by atoms with E-state index in [0.29, 0.717) is 30.2 Å². The van der Waals surface area contributed by atoms with Crippen molar-refractivity contribution < 1.29 is 22.5 Å². The van der Waals surface area contributed by atoms with Crippen molar-refractivity contribution in [2.24, 2.45) is 0 Å². The molecule has 0 aliphatic heterocycles. The van der Waals surface area contributed by atoms with E-state index in [-0.39, 0.29) is 29.6 Å². The summed E-state index contributed by atoms with van der Waals surface area (Å²) in [5.41, 5.74) is 0.430. The van der Waals surface area contributed by atoms with Gasteiger partial charge in [-0.3, -0.25) is 9.59 Å². The lowest BCUT2D eigenvalue weighted by Gasteiger charge is -2.07. The number of sulfonamides is 1. The third kappa shape index (κ3) is 5.74. The molecule has 2 N–H and O–H groups in total. The van der Waals surface area contributed by atoms with Gasteiger partial charge in [0.25, 0.3) is 0 Å². The van der Waals surface area contributed by atoms with Gasteiger partial charge < -0.3 is 9.84 Å². The number of aromatic nitrogens is 2. The van der Waals surface area contributed by atoms with Gasteiger partial charge in [0.15, 0.2) is 11.6 Å². The van der Waals surface area contributed by atoms with Gasteiger partial charge in [-0.05, 0) is 26.0 Å². The largest absolute Gasteiger partial charge is 0.356 e. The second-order valence-electron chi connectivity index (χ2n) is 5.56. The number of rotatable bonds is 9. The Morgan fingerprint density at radius 1 is 1.15 bits per heavy atom. The van der Waals surface area contributed by atoms with Crippen LogP contribution in [0, 0.1) is 6.92 Å². The number of ketones is 1. The molecule has 1 heterocycles. The van der Waals surface area contributed by atoms with E-state index >= 15 is 0 Å². The molecule has 26 heavy (non-hydrogen) atoms. The van der Waals surface area contributed by atoms with Crippen LogP contribution in [-0.4, -0.2) is 43.3 Å². The highest BCUT2D eigenvalue weighted by atomic mass is 32.2. The van der Waals surface area contributed by atoms with Crippen molar-refractivity contribution in [3.63, 3.8) is 0 Å². The standard InChI is InChI=1S/C16H20N4O5S/c1-11(21)13-3-5-14(6-4-13)26(23,24)18-10-7-15(22)17-9-8-16-19-12(2)20-25-16/h3-6,18H,7-10H2,1-2H3,(H,17,22). The fourth-order valence-electron chi connectivity index (χ4n) is 2.09. The Bertz CT molecular complexity index is 874. The van der Waals surface area contributed by atoms with E-state index in [1.807, 2.05) is 0 Å². The van der Waals surface area contributed by atoms with Crippen molar-refractivity contribution in [3.8, 4) is 0 Å². The topological polar surface area (TPSA) is 131 Å². The van der Waals surface area contributed by atoms with Crippen LogP contribution in [0.4, 0.5) is 0 Å². The van der Waals surface area contributed by atoms with Crippen LogP contribution in [0.1, 0.15) is 35.4 Å². The quantitative estimate of drug-likeness (QED) is 0.609. The monoisotopic (exact) mass is 380 g/mol. The summed E-state index contributed by atoms with van der Waals surface area (Å²) in [6.07, 6.45) is 0.397. The Kier molecular flexibility index (Phi) is 6.58. The number of amides is 1. The van der Waals surface area contributed by atoms with Gasteiger partial charge in [0.2, 0.25) is 21.8 Å². The highest BCUT2D eigenvalue weighted by Gasteiger charge is 2.14. The molecule has 0 bridgehead atoms. The minimum atomic E-state index is -3.73. The van der Waals surface area contributed by atoms with Crippen LogP contribution in [0.15, 0.2) is 33.7 Å². The molecule has 0 atom stereocenters. The molecule has 1 aromatic carbocycles. The zero-order valence-corrected chi connectivity index (χ0v) is 15.3. The van der Waals surface area contributed by atoms with Crippen LogP contribution < -0.4 is 10.0 Å². The summed E-state index contributed by atoms with van der Waals surface area (Å²) >= 11 is 0. The van der Waals surface area contributed by atoms with Crippen LogP contribution in [0.25, 0.3) is 0 Å². The van der Waals surface area contributed by atoms with Gasteiger partial charge in [0.1, 0.15) is 0 Å². The molecule has 0 fully saturated rings. The third-order valence-electron chi connectivity index (χ3n) is 3.45. The first-order chi connectivity index (χ1) is 12.3. The molecule has 0 unspecified atom stereocenters. The molecule has 0 aliphatic carbocycles. The van der Waals surface area contributed by atoms with E-state index in [4.69, 9.17) is 4.52 Å². The van der Waals surface area contributed by atoms with Gasteiger partial charge in [0, 0.05) is 31.5 Å². The van der Waals surface area contributed by atoms with Gasteiger partial charge in [-0.15, -0.1) is 0 Å². The van der Waals surface area contributed by atoms with Crippen molar-refractivity contribution in [1.29, 1.82) is 0 Å². The molecule has 1 aromatic heterocycles. The van der Waals surface area contributed by atoms with Gasteiger partial charge in [-0.1, -0.05) is 17.3 Å². The first kappa shape index (κ1) is 19.7. The van der Waals surface area contributed by atoms with Crippen molar-refractivity contribution in [2.75, 3.05) is 13.1 Å². The Morgan fingerprint density at radius 2 is 1.85 bits per heavy atom. The van der Waals surface area contributed by atoms with E-state index in [9.17, 15) is 18.0 Å². The highest BCUT2D eigenvalue weighted by Crippen LogP contribution is 2.10. The smallest absolute Gasteiger partial charge is 0.240 e. The first-order valence-electron chi connectivity index (χ1n) is 7.94. The number of nitrogens with zero attached hydrogens (tertiary/aromatic N) is 2. The molecule has 0 saturated heterocycles. The normalized spacial score (nSPS) is 11.3. The van der Waals surface area contributed by atoms with Crippen LogP contribution >= 0.6 is 0 Å². The highest BCUT2D eigenvalue weighted by molar-refractivity contribution is 7.89. The molecule has 10 heteroatoms. The van der Waals surface area contributed by atoms with Gasteiger partial charge in [-0.25, -0.2) is 13.1 Å². The van der Waals surface area contributed by atoms with E-state index < -0.39 is 10.0 Å². The van der Waals surface area contributed by atoms with Gasteiger partial charge in [0.05, 0.1) is 4.90 Å². The van der Waals surface area contributed by atoms with Crippen molar-refractivity contribution in [2.45, 2.75) is 31.6 Å². The summed E-state index contributed by atoms with van der Waals surface area (Å²) in [6, 6.07) is 5.60. The van der Waals surface area contributed by atoms with Crippen LogP contribution in [-0.2, 0) is 21.2 Å². The van der Waals surface area contributed by atoms with E-state index in [0.717, 1.165) is 0 Å². The zero-order valence-electron chi connectivity index (χ0n) is 14.5. The molecule has 0 spiro atoms. The first-order valence-corrected chi connectivity index (χ1v) is 9.43. The number of hydrogen-bond acceptors (Lipinski definition) is 7. The summed E-state index contributed by atoms with van der Waals surface area (Å²) in [4.78, 5) is 27.0. The SMILES string of the molecule is CC(=O)c1ccc(S(=O)(=O)NCCC(=O)NCCc2nc(C)no2)cc1. The lowest BCUT2D eigenvalue weighted by atomic mass is 10.2. The predicted octanol–water partition coefficient (Wildman–Crippen LogP) is 0.608. The summed E-state index contributed by atoms with van der Waals surface area (Å²) in [5, 5.41) is 6.29. The van der Waals surface area contributed by atoms with E-state index in [1.54, 1.807) is 6.92 Å². The second kappa shape index (κ2) is 8.68. The molecule has 2 aromatic rings. The third-order valence-corrected chi connectivity index (χ3v) is 4.92. The number of hydrogen-bond donors (Lipinski definition) is 2. The molecular weight excluding hydrogens is 360 g/mol. The number of Topliss-reactive ketones (excluding diaryl/α,β-unsaturated/α-hetero) is 1. The zero-order chi connectivity index (χ0) is 19.2. The van der Waals surface area contributed by atoms with Crippen LogP contribution in [0.5, 0.6) is 0 Å². The minimum absolute atomic E-state index is 0.00633. The summed E-state index contributed by atoms with van der Waals surface area (Å²) in [6.45, 7) is 3.38. The molecular formula is C16H20N4O5S. The molecule has 0 saturated carbocycles. The minimum Gasteiger partial charge on any atom is -0.356 e. The summed E-state index contributed by atoms with van der Waals surface area (Å²) < 4.78 is 31.6. The lowest BCUT2D eigenvalue weighted by molar-refractivity contribution is -0.120. The van der Waals surface area contributed by atoms with Crippen LogP contribution in [0.2, 0.25) is 0 Å². The molecule has 0 aliphatic rings. The van der Waals surface area contributed by atoms with Gasteiger partial charge in [-0.2, -0.15) is 4.98 Å². The summed E-state index contributed by atoms with van der Waals surface area (Å²) in [7, 11) is -3.73. The molecule has 1 amide bonds. The fraction of sp³-hybridized carbons (Fsp3) is 0.375. The van der Waals surface area contributed by atoms with Gasteiger partial charge >= 0.3 is 0 Å². The van der Waals surface area contributed by atoms with Crippen molar-refractivity contribution in [3.05, 3.63) is 41.5 Å². The Labute approximate surface area is 151 Å². The number of carbonyl (C=O) groups is 2. The Balaban J connectivity index is 1.74. The summed E-state index contributed by atoms with van der Waals surface area (Å²) in [5.74, 6) is 0.514. The van der Waals surface area contributed by atoms with E-state index in [2.05, 4.69) is 20.2 Å². The van der Waals surface area contributed by atoms with E-state index in [1.165, 1.54) is 31.2 Å². The molecule has 2 rings (SSSR count). The Hall–Kier alpha value is -2.59. The molecule has 9 nitrogen and oxygen atoms in total. The maximum Gasteiger partial charge on any atom is 0.240 e. The number of benzene rings is 1. The number of carbonyl (C=O) groups excluding carboxylic acids is 2.